The van der Waals surface area contributed by atoms with E-state index < -0.39 is 12.8 Å². The van der Waals surface area contributed by atoms with Crippen LogP contribution in [0.2, 0.25) is 0 Å². The maximum atomic E-state index is 14.1. The molecule has 14 heteroatoms. The maximum absolute atomic E-state index is 14.1. The van der Waals surface area contributed by atoms with Gasteiger partial charge in [0.2, 0.25) is 11.9 Å². The number of amides is 1. The Balaban J connectivity index is 1.18. The highest BCUT2D eigenvalue weighted by Gasteiger charge is 2.47. The predicted octanol–water partition coefficient (Wildman–Crippen LogP) is 6.09. The lowest BCUT2D eigenvalue weighted by molar-refractivity contribution is -0.153. The van der Waals surface area contributed by atoms with Crippen LogP contribution >= 0.6 is 0 Å². The summed E-state index contributed by atoms with van der Waals surface area (Å²) in [5.41, 5.74) is 4.46. The van der Waals surface area contributed by atoms with Gasteiger partial charge in [-0.15, -0.1) is 0 Å². The van der Waals surface area contributed by atoms with E-state index in [9.17, 15) is 23.2 Å². The fraction of sp³-hybridized carbons (Fsp3) is 0.513. The van der Waals surface area contributed by atoms with E-state index in [1.807, 2.05) is 24.0 Å². The first-order valence-corrected chi connectivity index (χ1v) is 18.6. The Kier molecular flexibility index (Phi) is 8.07. The third-order valence-electron chi connectivity index (χ3n) is 12.1. The van der Waals surface area contributed by atoms with E-state index in [-0.39, 0.29) is 35.1 Å². The van der Waals surface area contributed by atoms with Gasteiger partial charge >= 0.3 is 6.18 Å². The van der Waals surface area contributed by atoms with Crippen molar-refractivity contribution in [2.45, 2.75) is 69.6 Å². The van der Waals surface area contributed by atoms with Crippen LogP contribution in [0.25, 0.3) is 32.9 Å². The molecule has 5 fully saturated rings. The number of anilines is 2. The number of hydrogen-bond acceptors (Lipinski definition) is 9. The van der Waals surface area contributed by atoms with E-state index in [4.69, 9.17) is 14.7 Å². The molecule has 276 valence electrons. The van der Waals surface area contributed by atoms with Gasteiger partial charge in [-0.3, -0.25) is 14.8 Å². The van der Waals surface area contributed by atoms with Gasteiger partial charge < -0.3 is 19.4 Å². The average molecular weight is 726 g/mol. The second kappa shape index (κ2) is 12.6. The zero-order valence-corrected chi connectivity index (χ0v) is 29.8. The Morgan fingerprint density at radius 1 is 1.09 bits per heavy atom. The molecule has 11 nitrogen and oxygen atoms in total. The van der Waals surface area contributed by atoms with E-state index in [1.54, 1.807) is 6.20 Å². The highest BCUT2D eigenvalue weighted by molar-refractivity contribution is 6.06. The highest BCUT2D eigenvalue weighted by atomic mass is 19.4. The number of aryl methyl sites for hydroxylation is 1. The average Bonchev–Trinajstić information content (AvgIpc) is 3.66. The van der Waals surface area contributed by atoms with Gasteiger partial charge in [0, 0.05) is 67.1 Å². The zero-order valence-electron chi connectivity index (χ0n) is 29.8. The second-order valence-corrected chi connectivity index (χ2v) is 15.6. The Labute approximate surface area is 305 Å². The number of piperidine rings is 1. The van der Waals surface area contributed by atoms with Crippen molar-refractivity contribution >= 4 is 39.5 Å². The third kappa shape index (κ3) is 5.93. The van der Waals surface area contributed by atoms with E-state index in [0.29, 0.717) is 67.5 Å². The molecular formula is C39H42F3N9O2. The minimum Gasteiger partial charge on any atom is -0.481 e. The largest absolute Gasteiger partial charge is 0.481 e. The summed E-state index contributed by atoms with van der Waals surface area (Å²) in [5.74, 6) is 1.37. The summed E-state index contributed by atoms with van der Waals surface area (Å²) >= 11 is 0. The van der Waals surface area contributed by atoms with Crippen molar-refractivity contribution < 1.29 is 22.7 Å². The summed E-state index contributed by atoms with van der Waals surface area (Å²) in [7, 11) is 0. The molecule has 9 rings (SSSR count). The van der Waals surface area contributed by atoms with Crippen molar-refractivity contribution in [2.24, 2.45) is 5.41 Å². The number of likely N-dealkylation sites (tertiary alicyclic amines) is 2. The molecular weight excluding hydrogens is 683 g/mol. The number of aromatic amines is 1. The predicted molar refractivity (Wildman–Crippen MR) is 195 cm³/mol. The molecule has 1 atom stereocenters. The minimum absolute atomic E-state index is 0.0344. The van der Waals surface area contributed by atoms with Crippen LogP contribution in [-0.4, -0.2) is 107 Å². The van der Waals surface area contributed by atoms with Crippen molar-refractivity contribution in [1.29, 1.82) is 5.26 Å². The Morgan fingerprint density at radius 2 is 1.87 bits per heavy atom. The molecule has 1 saturated carbocycles. The van der Waals surface area contributed by atoms with Gasteiger partial charge in [0.25, 0.3) is 0 Å². The molecule has 2 aromatic heterocycles. The lowest BCUT2D eigenvalue weighted by Gasteiger charge is -2.54. The quantitative estimate of drug-likeness (QED) is 0.216. The number of aromatic nitrogens is 4. The molecule has 5 aliphatic rings. The van der Waals surface area contributed by atoms with Crippen LogP contribution in [0.1, 0.15) is 55.6 Å². The molecule has 1 spiro atoms. The SMILES string of the molecule is C=CC(=O)N1CC2(CCN(c3nc(N4CC(N5CCC[C@@H]5C#N)C4)nc4c(OCC(F)(F)F)c(-c5c(C)ccc6[nH]ncc56)c(C5CC5)cc34)CC2)C1. The minimum atomic E-state index is -4.57. The van der Waals surface area contributed by atoms with Crippen LogP contribution in [0.3, 0.4) is 0 Å². The van der Waals surface area contributed by atoms with Gasteiger partial charge in [-0.05, 0) is 92.8 Å². The smallest absolute Gasteiger partial charge is 0.422 e. The molecule has 53 heavy (non-hydrogen) atoms. The zero-order chi connectivity index (χ0) is 36.6. The van der Waals surface area contributed by atoms with Gasteiger partial charge in [0.15, 0.2) is 12.4 Å². The Hall–Kier alpha value is -4.90. The molecule has 1 N–H and O–H groups in total. The number of hydrogen-bond donors (Lipinski definition) is 1. The van der Waals surface area contributed by atoms with E-state index in [0.717, 1.165) is 72.7 Å². The monoisotopic (exact) mass is 725 g/mol. The van der Waals surface area contributed by atoms with Gasteiger partial charge in [0.1, 0.15) is 11.3 Å². The van der Waals surface area contributed by atoms with Crippen LogP contribution in [0.5, 0.6) is 5.75 Å². The van der Waals surface area contributed by atoms with Gasteiger partial charge in [-0.1, -0.05) is 12.6 Å². The van der Waals surface area contributed by atoms with Crippen molar-refractivity contribution in [3.05, 3.63) is 48.2 Å². The number of fused-ring (bicyclic) bond motifs is 2. The van der Waals surface area contributed by atoms with E-state index in [1.165, 1.54) is 6.08 Å². The number of rotatable bonds is 8. The lowest BCUT2D eigenvalue weighted by atomic mass is 9.72. The number of ether oxygens (including phenoxy) is 1. The number of alkyl halides is 3. The van der Waals surface area contributed by atoms with Crippen molar-refractivity contribution in [3.63, 3.8) is 0 Å². The Morgan fingerprint density at radius 3 is 2.57 bits per heavy atom. The van der Waals surface area contributed by atoms with Gasteiger partial charge in [-0.2, -0.15) is 28.5 Å². The summed E-state index contributed by atoms with van der Waals surface area (Å²) in [5, 5.41) is 18.5. The summed E-state index contributed by atoms with van der Waals surface area (Å²) < 4.78 is 48.2. The number of nitriles is 1. The molecule has 4 saturated heterocycles. The van der Waals surface area contributed by atoms with Crippen LogP contribution in [0.15, 0.2) is 37.1 Å². The lowest BCUT2D eigenvalue weighted by Crippen LogP contribution is -2.62. The molecule has 6 heterocycles. The summed E-state index contributed by atoms with van der Waals surface area (Å²) in [6, 6.07) is 8.51. The standard InChI is InChI=1S/C39H42F3N9O2/c1-3-31(52)50-20-38(21-50)10-13-48(14-11-38)36-28-15-27(24-7-8-24)33(32-23(2)6-9-30-29(32)17-44-47-30)35(53-22-39(40,41)42)34(28)45-37(46-36)49-18-26(19-49)51-12-4-5-25(51)16-43/h3,6,9,15,17,24-26H,1,4-5,7-8,10-14,18-22H2,2H3,(H,44,47)/t25-/m1/s1. The van der Waals surface area contributed by atoms with Gasteiger partial charge in [0.05, 0.1) is 23.8 Å². The fourth-order valence-electron chi connectivity index (χ4n) is 9.09. The molecule has 1 aliphatic carbocycles. The molecule has 0 radical (unpaired) electrons. The Bertz CT molecular complexity index is 2150. The first-order chi connectivity index (χ1) is 25.5. The summed E-state index contributed by atoms with van der Waals surface area (Å²) in [6.07, 6.45) is 3.92. The van der Waals surface area contributed by atoms with Gasteiger partial charge in [-0.25, -0.2) is 4.98 Å². The van der Waals surface area contributed by atoms with Crippen molar-refractivity contribution in [2.75, 3.05) is 62.2 Å². The fourth-order valence-corrected chi connectivity index (χ4v) is 9.09. The summed E-state index contributed by atoms with van der Waals surface area (Å²) in [4.78, 5) is 30.9. The number of benzene rings is 2. The number of H-pyrrole nitrogens is 1. The van der Waals surface area contributed by atoms with Crippen LogP contribution in [0.4, 0.5) is 24.9 Å². The van der Waals surface area contributed by atoms with Crippen molar-refractivity contribution in [1.82, 2.24) is 30.0 Å². The van der Waals surface area contributed by atoms with Crippen LogP contribution in [0, 0.1) is 23.7 Å². The number of carbonyl (C=O) groups is 1. The third-order valence-corrected chi connectivity index (χ3v) is 12.1. The van der Waals surface area contributed by atoms with Crippen LogP contribution < -0.4 is 14.5 Å². The molecule has 0 unspecified atom stereocenters. The summed E-state index contributed by atoms with van der Waals surface area (Å²) in [6.45, 7) is 9.03. The van der Waals surface area contributed by atoms with E-state index in [2.05, 4.69) is 43.6 Å². The molecule has 1 amide bonds. The van der Waals surface area contributed by atoms with Crippen molar-refractivity contribution in [3.8, 4) is 22.9 Å². The molecule has 0 bridgehead atoms. The first kappa shape index (κ1) is 33.9. The molecule has 2 aromatic carbocycles. The number of carbonyl (C=O) groups excluding carboxylic acids is 1. The maximum Gasteiger partial charge on any atom is 0.422 e. The number of halogens is 3. The second-order valence-electron chi connectivity index (χ2n) is 15.6. The topological polar surface area (TPSA) is 118 Å². The van der Waals surface area contributed by atoms with E-state index >= 15 is 0 Å². The normalized spacial score (nSPS) is 21.9. The van der Waals surface area contributed by atoms with Crippen LogP contribution in [-0.2, 0) is 4.79 Å². The molecule has 4 aliphatic heterocycles. The molecule has 4 aromatic rings. The first-order valence-electron chi connectivity index (χ1n) is 18.6. The number of nitrogens with one attached hydrogen (secondary N) is 1. The number of nitrogens with zero attached hydrogens (tertiary/aromatic N) is 8. The highest BCUT2D eigenvalue weighted by Crippen LogP contribution is 2.53.